The fraction of sp³-hybridized carbons (Fsp3) is 0.433. The largest absolute Gasteiger partial charge is 0.512 e. The molecular weight excluding hydrogens is 440 g/mol. The number of carbonyl (C=O) groups excluding carboxylic acids is 3. The van der Waals surface area contributed by atoms with Gasteiger partial charge in [0.25, 0.3) is 0 Å². The van der Waals surface area contributed by atoms with E-state index in [2.05, 4.69) is 0 Å². The van der Waals surface area contributed by atoms with Gasteiger partial charge in [-0.2, -0.15) is 0 Å². The van der Waals surface area contributed by atoms with Crippen molar-refractivity contribution in [2.24, 2.45) is 16.7 Å². The van der Waals surface area contributed by atoms with Crippen LogP contribution in [0.15, 0.2) is 65.9 Å². The van der Waals surface area contributed by atoms with Crippen LogP contribution in [0, 0.1) is 16.7 Å². The molecule has 2 aliphatic carbocycles. The minimum Gasteiger partial charge on any atom is -0.512 e. The van der Waals surface area contributed by atoms with Crippen molar-refractivity contribution >= 4 is 17.3 Å². The minimum absolute atomic E-state index is 0.00825. The second-order valence-electron chi connectivity index (χ2n) is 11.6. The Hall–Kier alpha value is -3.21. The number of ether oxygens (including phenoxy) is 1. The molecular formula is C30H34O5. The van der Waals surface area contributed by atoms with Crippen molar-refractivity contribution in [1.82, 2.24) is 0 Å². The van der Waals surface area contributed by atoms with Gasteiger partial charge >= 0.3 is 0 Å². The summed E-state index contributed by atoms with van der Waals surface area (Å²) in [6, 6.07) is 17.0. The van der Waals surface area contributed by atoms with Crippen LogP contribution >= 0.6 is 0 Å². The van der Waals surface area contributed by atoms with E-state index in [-0.39, 0.29) is 53.4 Å². The Morgan fingerprint density at radius 2 is 1.40 bits per heavy atom. The monoisotopic (exact) mass is 474 g/mol. The molecule has 0 aromatic heterocycles. The van der Waals surface area contributed by atoms with Crippen LogP contribution in [-0.4, -0.2) is 22.5 Å². The number of Topliss-reactive ketones (excluding diaryl/α,β-unsaturated/α-hetero) is 3. The fourth-order valence-corrected chi connectivity index (χ4v) is 5.47. The molecule has 0 amide bonds. The highest BCUT2D eigenvalue weighted by atomic mass is 16.5. The summed E-state index contributed by atoms with van der Waals surface area (Å²) in [5, 5.41) is 11.0. The van der Waals surface area contributed by atoms with Crippen LogP contribution in [0.25, 0.3) is 0 Å². The molecule has 35 heavy (non-hydrogen) atoms. The third kappa shape index (κ3) is 5.55. The summed E-state index contributed by atoms with van der Waals surface area (Å²) in [6.07, 6.45) is 1.14. The molecule has 0 aliphatic heterocycles. The molecule has 5 heteroatoms. The molecule has 1 N–H and O–H groups in total. The predicted molar refractivity (Wildman–Crippen MR) is 134 cm³/mol. The number of hydrogen-bond acceptors (Lipinski definition) is 5. The van der Waals surface area contributed by atoms with Crippen LogP contribution in [0.5, 0.6) is 5.75 Å². The number of carbonyl (C=O) groups is 3. The summed E-state index contributed by atoms with van der Waals surface area (Å²) in [6.45, 7) is 8.12. The normalized spacial score (nSPS) is 21.2. The fourth-order valence-electron chi connectivity index (χ4n) is 5.47. The van der Waals surface area contributed by atoms with Gasteiger partial charge in [-0.15, -0.1) is 0 Å². The second kappa shape index (κ2) is 9.44. The molecule has 1 saturated carbocycles. The van der Waals surface area contributed by atoms with Gasteiger partial charge in [0.15, 0.2) is 5.78 Å². The Bertz CT molecular complexity index is 1130. The number of aliphatic hydroxyl groups is 1. The maximum Gasteiger partial charge on any atom is 0.163 e. The van der Waals surface area contributed by atoms with Gasteiger partial charge in [-0.3, -0.25) is 14.4 Å². The SMILES string of the molecule is CC1(C)CC(=O)C(C(C2=C(O)CC(C)(C)CC2=O)c2ccc(OCc3ccccc3)cc2)C(=O)C1. The van der Waals surface area contributed by atoms with Crippen LogP contribution < -0.4 is 4.74 Å². The van der Waals surface area contributed by atoms with Crippen molar-refractivity contribution in [2.45, 2.75) is 65.9 Å². The average molecular weight is 475 g/mol. The van der Waals surface area contributed by atoms with Gasteiger partial charge in [0.1, 0.15) is 29.7 Å². The lowest BCUT2D eigenvalue weighted by molar-refractivity contribution is -0.140. The molecule has 4 rings (SSSR count). The van der Waals surface area contributed by atoms with Crippen molar-refractivity contribution in [2.75, 3.05) is 0 Å². The number of allylic oxidation sites excluding steroid dienone is 2. The first-order chi connectivity index (χ1) is 16.5. The molecule has 1 unspecified atom stereocenters. The number of ketones is 3. The molecule has 0 bridgehead atoms. The van der Waals surface area contributed by atoms with Crippen molar-refractivity contribution in [3.63, 3.8) is 0 Å². The molecule has 0 spiro atoms. The molecule has 184 valence electrons. The van der Waals surface area contributed by atoms with Crippen LogP contribution in [-0.2, 0) is 21.0 Å². The quantitative estimate of drug-likeness (QED) is 0.510. The second-order valence-corrected chi connectivity index (χ2v) is 11.6. The lowest BCUT2D eigenvalue weighted by atomic mass is 9.62. The third-order valence-corrected chi connectivity index (χ3v) is 7.03. The van der Waals surface area contributed by atoms with Gasteiger partial charge in [-0.25, -0.2) is 0 Å². The molecule has 0 radical (unpaired) electrons. The highest BCUT2D eigenvalue weighted by Gasteiger charge is 2.48. The zero-order valence-electron chi connectivity index (χ0n) is 21.0. The predicted octanol–water partition coefficient (Wildman–Crippen LogP) is 6.12. The topological polar surface area (TPSA) is 80.7 Å². The Balaban J connectivity index is 1.69. The summed E-state index contributed by atoms with van der Waals surface area (Å²) in [5.41, 5.74) is 1.15. The number of aliphatic hydroxyl groups excluding tert-OH is 1. The maximum atomic E-state index is 13.3. The molecule has 2 aromatic carbocycles. The lowest BCUT2D eigenvalue weighted by Gasteiger charge is -2.39. The van der Waals surface area contributed by atoms with E-state index in [1.807, 2.05) is 58.0 Å². The van der Waals surface area contributed by atoms with Crippen LogP contribution in [0.2, 0.25) is 0 Å². The van der Waals surface area contributed by atoms with E-state index in [9.17, 15) is 19.5 Å². The zero-order chi connectivity index (χ0) is 25.4. The first-order valence-electron chi connectivity index (χ1n) is 12.2. The van der Waals surface area contributed by atoms with Crippen LogP contribution in [0.1, 0.15) is 70.4 Å². The zero-order valence-corrected chi connectivity index (χ0v) is 21.0. The molecule has 0 heterocycles. The summed E-state index contributed by atoms with van der Waals surface area (Å²) >= 11 is 0. The number of rotatable bonds is 6. The van der Waals surface area contributed by atoms with E-state index >= 15 is 0 Å². The van der Waals surface area contributed by atoms with Crippen molar-refractivity contribution in [3.05, 3.63) is 77.1 Å². The maximum absolute atomic E-state index is 13.3. The van der Waals surface area contributed by atoms with Crippen molar-refractivity contribution in [3.8, 4) is 5.75 Å². The number of benzene rings is 2. The molecule has 2 aromatic rings. The first kappa shape index (κ1) is 24.9. The molecule has 2 aliphatic rings. The average Bonchev–Trinajstić information content (AvgIpc) is 2.75. The molecule has 1 fully saturated rings. The smallest absolute Gasteiger partial charge is 0.163 e. The van der Waals surface area contributed by atoms with Gasteiger partial charge in [-0.05, 0) is 34.1 Å². The van der Waals surface area contributed by atoms with Gasteiger partial charge in [-0.1, -0.05) is 70.2 Å². The summed E-state index contributed by atoms with van der Waals surface area (Å²) < 4.78 is 5.89. The molecule has 5 nitrogen and oxygen atoms in total. The van der Waals surface area contributed by atoms with E-state index in [1.165, 1.54) is 0 Å². The van der Waals surface area contributed by atoms with Crippen LogP contribution in [0.3, 0.4) is 0 Å². The Kier molecular flexibility index (Phi) is 6.72. The Morgan fingerprint density at radius 1 is 0.829 bits per heavy atom. The summed E-state index contributed by atoms with van der Waals surface area (Å²) in [5.74, 6) is -1.66. The van der Waals surface area contributed by atoms with Crippen LogP contribution in [0.4, 0.5) is 0 Å². The number of hydrogen-bond donors (Lipinski definition) is 1. The minimum atomic E-state index is -0.971. The van der Waals surface area contributed by atoms with Gasteiger partial charge in [0.2, 0.25) is 0 Å². The lowest BCUT2D eigenvalue weighted by Crippen LogP contribution is -2.43. The van der Waals surface area contributed by atoms with Gasteiger partial charge in [0, 0.05) is 37.2 Å². The molecule has 1 atom stereocenters. The van der Waals surface area contributed by atoms with E-state index < -0.39 is 17.3 Å². The van der Waals surface area contributed by atoms with E-state index in [0.717, 1.165) is 5.56 Å². The van der Waals surface area contributed by atoms with Gasteiger partial charge in [0.05, 0.1) is 5.92 Å². The summed E-state index contributed by atoms with van der Waals surface area (Å²) in [7, 11) is 0. The van der Waals surface area contributed by atoms with E-state index in [1.54, 1.807) is 24.3 Å². The highest BCUT2D eigenvalue weighted by molar-refractivity contribution is 6.09. The first-order valence-corrected chi connectivity index (χ1v) is 12.2. The van der Waals surface area contributed by atoms with E-state index in [4.69, 9.17) is 4.74 Å². The van der Waals surface area contributed by atoms with Crippen molar-refractivity contribution < 1.29 is 24.2 Å². The Labute approximate surface area is 207 Å². The molecule has 0 saturated heterocycles. The van der Waals surface area contributed by atoms with E-state index in [0.29, 0.717) is 24.3 Å². The third-order valence-electron chi connectivity index (χ3n) is 7.03. The van der Waals surface area contributed by atoms with Crippen molar-refractivity contribution in [1.29, 1.82) is 0 Å². The van der Waals surface area contributed by atoms with Gasteiger partial charge < -0.3 is 9.84 Å². The summed E-state index contributed by atoms with van der Waals surface area (Å²) in [4.78, 5) is 39.8. The standard InChI is InChI=1S/C30H34O5/c1-29(2)14-22(31)27(23(32)15-29)26(28-24(33)16-30(3,4)17-25(28)34)20-10-12-21(13-11-20)35-18-19-8-6-5-7-9-19/h5-13,26-27,33H,14-18H2,1-4H3. The highest BCUT2D eigenvalue weighted by Crippen LogP contribution is 2.47. The Morgan fingerprint density at radius 3 is 1.97 bits per heavy atom.